The number of para-hydroxylation sites is 1. The molecule has 26 heavy (non-hydrogen) atoms. The first-order valence-electron chi connectivity index (χ1n) is 9.75. The fourth-order valence-electron chi connectivity index (χ4n) is 6.99. The zero-order chi connectivity index (χ0) is 17.6. The van der Waals surface area contributed by atoms with Gasteiger partial charge in [-0.1, -0.05) is 29.8 Å². The minimum absolute atomic E-state index is 0.0250. The van der Waals surface area contributed by atoms with Gasteiger partial charge in [0.2, 0.25) is 5.91 Å². The van der Waals surface area contributed by atoms with Crippen molar-refractivity contribution in [2.75, 3.05) is 24.6 Å². The smallest absolute Gasteiger partial charge is 0.224 e. The molecule has 1 aromatic rings. The zero-order valence-electron chi connectivity index (χ0n) is 15.0. The normalized spacial score (nSPS) is 42.8. The van der Waals surface area contributed by atoms with Gasteiger partial charge in [-0.05, 0) is 36.9 Å². The fraction of sp³-hybridized carbons (Fsp3) is 0.571. The Morgan fingerprint density at radius 2 is 2.19 bits per heavy atom. The lowest BCUT2D eigenvalue weighted by molar-refractivity contribution is -0.156. The van der Waals surface area contributed by atoms with Gasteiger partial charge >= 0.3 is 0 Å². The van der Waals surface area contributed by atoms with Crippen molar-refractivity contribution in [3.8, 4) is 0 Å². The third kappa shape index (κ3) is 1.61. The molecule has 0 aromatic heterocycles. The molecule has 4 heterocycles. The number of carbonyl (C=O) groups excluding carboxylic acids is 1. The average Bonchev–Trinajstić information content (AvgIpc) is 3.10. The first-order valence-corrected chi connectivity index (χ1v) is 9.75. The highest BCUT2D eigenvalue weighted by Gasteiger charge is 2.69. The molecule has 5 heteroatoms. The van der Waals surface area contributed by atoms with Gasteiger partial charge in [0.15, 0.2) is 6.29 Å². The highest BCUT2D eigenvalue weighted by atomic mass is 16.6. The summed E-state index contributed by atoms with van der Waals surface area (Å²) < 4.78 is 5.78. The molecule has 2 saturated heterocycles. The monoisotopic (exact) mass is 352 g/mol. The highest BCUT2D eigenvalue weighted by Crippen LogP contribution is 2.64. The van der Waals surface area contributed by atoms with Crippen molar-refractivity contribution < 1.29 is 14.6 Å². The Bertz CT molecular complexity index is 836. The van der Waals surface area contributed by atoms with E-state index in [-0.39, 0.29) is 23.3 Å². The molecular formula is C21H24N2O3. The van der Waals surface area contributed by atoms with Crippen LogP contribution in [0.4, 0.5) is 5.69 Å². The highest BCUT2D eigenvalue weighted by molar-refractivity contribution is 5.96. The summed E-state index contributed by atoms with van der Waals surface area (Å²) in [5.41, 5.74) is 3.66. The Kier molecular flexibility index (Phi) is 2.94. The molecule has 3 fully saturated rings. The summed E-state index contributed by atoms with van der Waals surface area (Å²) in [6, 6.07) is 8.83. The van der Waals surface area contributed by atoms with Crippen LogP contribution >= 0.6 is 0 Å². The van der Waals surface area contributed by atoms with Crippen molar-refractivity contribution in [1.82, 2.24) is 4.90 Å². The minimum atomic E-state index is -0.820. The molecule has 1 N–H and O–H groups in total. The topological polar surface area (TPSA) is 53.0 Å². The van der Waals surface area contributed by atoms with Gasteiger partial charge in [-0.2, -0.15) is 0 Å². The second kappa shape index (κ2) is 4.97. The van der Waals surface area contributed by atoms with Gasteiger partial charge in [-0.15, -0.1) is 0 Å². The Morgan fingerprint density at radius 3 is 3.04 bits per heavy atom. The third-order valence-electron chi connectivity index (χ3n) is 7.77. The summed E-state index contributed by atoms with van der Waals surface area (Å²) in [6.07, 6.45) is 3.47. The number of amides is 1. The molecule has 6 atom stereocenters. The fourth-order valence-corrected chi connectivity index (χ4v) is 6.99. The first-order chi connectivity index (χ1) is 12.6. The van der Waals surface area contributed by atoms with E-state index >= 15 is 0 Å². The van der Waals surface area contributed by atoms with Crippen LogP contribution in [0.15, 0.2) is 35.9 Å². The molecule has 2 bridgehead atoms. The van der Waals surface area contributed by atoms with Crippen LogP contribution in [-0.4, -0.2) is 54.0 Å². The molecule has 1 saturated carbocycles. The summed E-state index contributed by atoms with van der Waals surface area (Å²) >= 11 is 0. The number of ether oxygens (including phenoxy) is 1. The van der Waals surface area contributed by atoms with Gasteiger partial charge in [-0.3, -0.25) is 9.69 Å². The van der Waals surface area contributed by atoms with Crippen molar-refractivity contribution in [1.29, 1.82) is 0 Å². The number of nitrogens with zero attached hydrogens (tertiary/aromatic N) is 2. The van der Waals surface area contributed by atoms with E-state index in [1.165, 1.54) is 11.1 Å². The lowest BCUT2D eigenvalue weighted by atomic mass is 9.55. The van der Waals surface area contributed by atoms with Crippen LogP contribution in [0, 0.1) is 11.8 Å². The number of aliphatic hydroxyl groups excluding tert-OH is 1. The Balaban J connectivity index is 1.64. The van der Waals surface area contributed by atoms with Crippen LogP contribution in [0.25, 0.3) is 0 Å². The number of piperidine rings is 1. The van der Waals surface area contributed by atoms with Gasteiger partial charge < -0.3 is 14.7 Å². The molecule has 1 aromatic carbocycles. The molecule has 5 nitrogen and oxygen atoms in total. The van der Waals surface area contributed by atoms with Crippen molar-refractivity contribution in [2.45, 2.75) is 43.6 Å². The van der Waals surface area contributed by atoms with E-state index < -0.39 is 6.29 Å². The summed E-state index contributed by atoms with van der Waals surface area (Å²) in [6.45, 7) is 4.18. The first kappa shape index (κ1) is 15.4. The molecule has 0 radical (unpaired) electrons. The number of anilines is 1. The van der Waals surface area contributed by atoms with E-state index in [1.807, 2.05) is 11.0 Å². The van der Waals surface area contributed by atoms with E-state index in [9.17, 15) is 9.90 Å². The Labute approximate surface area is 153 Å². The number of carbonyl (C=O) groups is 1. The van der Waals surface area contributed by atoms with Crippen LogP contribution in [0.5, 0.6) is 0 Å². The van der Waals surface area contributed by atoms with Gasteiger partial charge in [0, 0.05) is 36.5 Å². The van der Waals surface area contributed by atoms with Crippen molar-refractivity contribution in [2.24, 2.45) is 11.8 Å². The molecule has 1 amide bonds. The molecule has 1 aliphatic carbocycles. The van der Waals surface area contributed by atoms with Crippen LogP contribution in [0.2, 0.25) is 0 Å². The molecule has 136 valence electrons. The predicted octanol–water partition coefficient (Wildman–Crippen LogP) is 1.66. The van der Waals surface area contributed by atoms with Crippen LogP contribution in [-0.2, 0) is 14.9 Å². The Hall–Kier alpha value is -1.69. The number of rotatable bonds is 0. The number of fused-ring (bicyclic) bond motifs is 2. The molecule has 6 rings (SSSR count). The molecule has 4 aliphatic heterocycles. The third-order valence-corrected chi connectivity index (χ3v) is 7.77. The van der Waals surface area contributed by atoms with E-state index in [0.29, 0.717) is 18.6 Å². The maximum Gasteiger partial charge on any atom is 0.224 e. The number of hydrogen-bond donors (Lipinski definition) is 1. The van der Waals surface area contributed by atoms with Crippen LogP contribution in [0.3, 0.4) is 0 Å². The summed E-state index contributed by atoms with van der Waals surface area (Å²) in [5, 5.41) is 11.0. The van der Waals surface area contributed by atoms with Gasteiger partial charge in [0.25, 0.3) is 0 Å². The number of hydrogen-bond acceptors (Lipinski definition) is 4. The largest absolute Gasteiger partial charge is 0.368 e. The zero-order valence-corrected chi connectivity index (χ0v) is 15.0. The second-order valence-electron chi connectivity index (χ2n) is 8.55. The Morgan fingerprint density at radius 1 is 1.35 bits per heavy atom. The van der Waals surface area contributed by atoms with Crippen LogP contribution in [0.1, 0.15) is 25.3 Å². The van der Waals surface area contributed by atoms with E-state index in [4.69, 9.17) is 4.74 Å². The molecule has 0 unspecified atom stereocenters. The van der Waals surface area contributed by atoms with Gasteiger partial charge in [0.1, 0.15) is 0 Å². The van der Waals surface area contributed by atoms with Crippen molar-refractivity contribution in [3.05, 3.63) is 41.5 Å². The standard InChI is InChI=1S/C21H24N2O3/c1-12(24)23-16-5-3-2-4-15(16)21-7-8-22-11-13-6-9-26-20(25)18(19(21)23)14(13)10-17(21)22/h2-6,14,17-20,25H,7-11H2,1H3/t14-,17+,18+,19-,20+,21-/m1/s1. The van der Waals surface area contributed by atoms with E-state index in [0.717, 1.165) is 31.6 Å². The minimum Gasteiger partial charge on any atom is -0.368 e. The average molecular weight is 352 g/mol. The van der Waals surface area contributed by atoms with Crippen molar-refractivity contribution >= 4 is 11.6 Å². The number of aliphatic hydroxyl groups is 1. The lowest BCUT2D eigenvalue weighted by Crippen LogP contribution is -2.66. The van der Waals surface area contributed by atoms with Crippen LogP contribution < -0.4 is 4.90 Å². The van der Waals surface area contributed by atoms with Gasteiger partial charge in [-0.25, -0.2) is 0 Å². The quantitative estimate of drug-likeness (QED) is 0.722. The number of benzene rings is 1. The molecular weight excluding hydrogens is 328 g/mol. The maximum absolute atomic E-state index is 12.8. The summed E-state index contributed by atoms with van der Waals surface area (Å²) in [4.78, 5) is 17.4. The molecule has 5 aliphatic rings. The SMILES string of the molecule is CC(=O)N1c2ccccc2[C@]23CCN4CC5=CCO[C@H](O)[C@@H]([C@@H]5C[C@H]42)[C@@H]13. The maximum atomic E-state index is 12.8. The summed E-state index contributed by atoms with van der Waals surface area (Å²) in [5.74, 6) is 0.317. The summed E-state index contributed by atoms with van der Waals surface area (Å²) in [7, 11) is 0. The van der Waals surface area contributed by atoms with Crippen molar-refractivity contribution in [3.63, 3.8) is 0 Å². The van der Waals surface area contributed by atoms with E-state index in [1.54, 1.807) is 6.92 Å². The van der Waals surface area contributed by atoms with E-state index in [2.05, 4.69) is 29.2 Å². The molecule has 1 spiro atoms. The lowest BCUT2D eigenvalue weighted by Gasteiger charge is -2.56. The predicted molar refractivity (Wildman–Crippen MR) is 96.7 cm³/mol. The van der Waals surface area contributed by atoms with Gasteiger partial charge in [0.05, 0.1) is 12.6 Å². The second-order valence-corrected chi connectivity index (χ2v) is 8.55.